The van der Waals surface area contributed by atoms with E-state index in [-0.39, 0.29) is 12.5 Å². The van der Waals surface area contributed by atoms with Gasteiger partial charge in [0.2, 0.25) is 0 Å². The third kappa shape index (κ3) is 7.42. The van der Waals surface area contributed by atoms with Gasteiger partial charge in [0.15, 0.2) is 18.1 Å². The highest BCUT2D eigenvalue weighted by molar-refractivity contribution is 6.39. The van der Waals surface area contributed by atoms with Crippen molar-refractivity contribution in [3.63, 3.8) is 0 Å². The molecule has 0 saturated heterocycles. The molecule has 3 aromatic rings. The van der Waals surface area contributed by atoms with Gasteiger partial charge in [0.25, 0.3) is 5.91 Å². The van der Waals surface area contributed by atoms with Gasteiger partial charge in [-0.1, -0.05) is 42.8 Å². The number of methoxy groups -OCH3 is 1. The molecule has 9 nitrogen and oxygen atoms in total. The minimum Gasteiger partial charge on any atom is -0.493 e. The van der Waals surface area contributed by atoms with Gasteiger partial charge >= 0.3 is 11.8 Å². The zero-order chi connectivity index (χ0) is 25.9. The Morgan fingerprint density at radius 3 is 2.39 bits per heavy atom. The number of benzene rings is 3. The molecule has 3 rings (SSSR count). The van der Waals surface area contributed by atoms with Gasteiger partial charge in [-0.15, -0.1) is 0 Å². The quantitative estimate of drug-likeness (QED) is 0.241. The maximum absolute atomic E-state index is 12.3. The summed E-state index contributed by atoms with van der Waals surface area (Å²) < 4.78 is 11.0. The molecule has 3 N–H and O–H groups in total. The van der Waals surface area contributed by atoms with Crippen LogP contribution in [-0.2, 0) is 20.8 Å². The average Bonchev–Trinajstić information content (AvgIpc) is 2.89. The molecule has 0 fully saturated rings. The monoisotopic (exact) mass is 488 g/mol. The topological polar surface area (TPSA) is 118 Å². The van der Waals surface area contributed by atoms with Gasteiger partial charge in [-0.05, 0) is 60.9 Å². The maximum Gasteiger partial charge on any atom is 0.329 e. The first kappa shape index (κ1) is 26.0. The molecule has 186 valence electrons. The molecule has 0 aromatic heterocycles. The molecule has 3 aromatic carbocycles. The molecule has 3 amide bonds. The Labute approximate surface area is 209 Å². The van der Waals surface area contributed by atoms with Crippen LogP contribution in [0, 0.1) is 6.92 Å². The minimum absolute atomic E-state index is 0.200. The summed E-state index contributed by atoms with van der Waals surface area (Å²) >= 11 is 0. The van der Waals surface area contributed by atoms with Gasteiger partial charge in [0.1, 0.15) is 0 Å². The normalized spacial score (nSPS) is 10.5. The van der Waals surface area contributed by atoms with Crippen LogP contribution in [0.2, 0.25) is 0 Å². The van der Waals surface area contributed by atoms with Crippen molar-refractivity contribution in [3.8, 4) is 11.5 Å². The summed E-state index contributed by atoms with van der Waals surface area (Å²) in [4.78, 5) is 36.3. The molecule has 0 unspecified atom stereocenters. The Balaban J connectivity index is 1.53. The van der Waals surface area contributed by atoms with Gasteiger partial charge in [0.05, 0.1) is 13.3 Å². The van der Waals surface area contributed by atoms with E-state index in [1.54, 1.807) is 30.3 Å². The lowest BCUT2D eigenvalue weighted by molar-refractivity contribution is -0.136. The summed E-state index contributed by atoms with van der Waals surface area (Å²) in [7, 11) is 1.47. The zero-order valence-corrected chi connectivity index (χ0v) is 20.3. The van der Waals surface area contributed by atoms with E-state index in [4.69, 9.17) is 9.47 Å². The number of hydrazone groups is 1. The summed E-state index contributed by atoms with van der Waals surface area (Å²) in [5.41, 5.74) is 6.09. The lowest BCUT2D eigenvalue weighted by Crippen LogP contribution is -2.32. The Kier molecular flexibility index (Phi) is 9.16. The number of aryl methyl sites for hydroxylation is 2. The van der Waals surface area contributed by atoms with Crippen LogP contribution in [0.15, 0.2) is 71.8 Å². The van der Waals surface area contributed by atoms with Crippen molar-refractivity contribution < 1.29 is 23.9 Å². The van der Waals surface area contributed by atoms with Crippen molar-refractivity contribution in [2.24, 2.45) is 5.10 Å². The number of hydrogen-bond acceptors (Lipinski definition) is 6. The zero-order valence-electron chi connectivity index (χ0n) is 20.3. The highest BCUT2D eigenvalue weighted by atomic mass is 16.5. The summed E-state index contributed by atoms with van der Waals surface area (Å²) in [5.74, 6) is -1.29. The van der Waals surface area contributed by atoms with Gasteiger partial charge in [-0.25, -0.2) is 5.43 Å². The van der Waals surface area contributed by atoms with Crippen LogP contribution in [0.4, 0.5) is 11.4 Å². The Hall–Kier alpha value is -4.66. The number of carbonyl (C=O) groups is 3. The van der Waals surface area contributed by atoms with Crippen LogP contribution >= 0.6 is 0 Å². The molecule has 0 aliphatic rings. The van der Waals surface area contributed by atoms with Gasteiger partial charge in [-0.2, -0.15) is 5.10 Å². The van der Waals surface area contributed by atoms with Crippen LogP contribution in [0.5, 0.6) is 11.5 Å². The molecule has 0 radical (unpaired) electrons. The van der Waals surface area contributed by atoms with E-state index >= 15 is 0 Å². The first-order valence-corrected chi connectivity index (χ1v) is 11.3. The number of ether oxygens (including phenoxy) is 2. The minimum atomic E-state index is -0.908. The summed E-state index contributed by atoms with van der Waals surface area (Å²) in [6.45, 7) is 3.74. The molecule has 9 heteroatoms. The molecule has 0 atom stereocenters. The van der Waals surface area contributed by atoms with Crippen LogP contribution in [-0.4, -0.2) is 37.7 Å². The fourth-order valence-electron chi connectivity index (χ4n) is 3.20. The predicted molar refractivity (Wildman–Crippen MR) is 138 cm³/mol. The average molecular weight is 489 g/mol. The number of rotatable bonds is 9. The van der Waals surface area contributed by atoms with Crippen LogP contribution < -0.4 is 25.5 Å². The number of anilines is 2. The number of nitrogens with zero attached hydrogens (tertiary/aromatic N) is 1. The van der Waals surface area contributed by atoms with Crippen molar-refractivity contribution in [2.45, 2.75) is 20.3 Å². The lowest BCUT2D eigenvalue weighted by Gasteiger charge is -2.13. The molecule has 0 bridgehead atoms. The molecule has 0 heterocycles. The molecule has 0 spiro atoms. The van der Waals surface area contributed by atoms with Crippen molar-refractivity contribution in [1.82, 2.24) is 5.43 Å². The first-order valence-electron chi connectivity index (χ1n) is 11.3. The fourth-order valence-corrected chi connectivity index (χ4v) is 3.20. The van der Waals surface area contributed by atoms with Gasteiger partial charge in [-0.3, -0.25) is 14.4 Å². The smallest absolute Gasteiger partial charge is 0.329 e. The summed E-state index contributed by atoms with van der Waals surface area (Å²) in [6, 6.07) is 19.6. The van der Waals surface area contributed by atoms with Crippen molar-refractivity contribution >= 4 is 35.3 Å². The highest BCUT2D eigenvalue weighted by Gasteiger charge is 2.13. The molecular weight excluding hydrogens is 460 g/mol. The second kappa shape index (κ2) is 12.7. The van der Waals surface area contributed by atoms with E-state index in [0.717, 1.165) is 23.2 Å². The summed E-state index contributed by atoms with van der Waals surface area (Å²) in [6.07, 6.45) is 2.16. The van der Waals surface area contributed by atoms with E-state index < -0.39 is 11.8 Å². The standard InChI is InChI=1S/C27H28N4O5/c1-4-20-7-5-6-8-22(20)30-25(32)17-36-23-14-11-19(15-24(23)35-3)16-28-31-27(34)26(33)29-21-12-9-18(2)10-13-21/h5-16H,4,17H2,1-3H3,(H,29,33)(H,30,32)(H,31,34)/b28-16-. The Morgan fingerprint density at radius 1 is 0.917 bits per heavy atom. The third-order valence-corrected chi connectivity index (χ3v) is 5.11. The van der Waals surface area contributed by atoms with E-state index in [1.807, 2.05) is 50.2 Å². The first-order chi connectivity index (χ1) is 17.4. The van der Waals surface area contributed by atoms with E-state index in [9.17, 15) is 14.4 Å². The lowest BCUT2D eigenvalue weighted by atomic mass is 10.1. The summed E-state index contributed by atoms with van der Waals surface area (Å²) in [5, 5.41) is 9.16. The highest BCUT2D eigenvalue weighted by Crippen LogP contribution is 2.27. The van der Waals surface area contributed by atoms with Crippen LogP contribution in [0.3, 0.4) is 0 Å². The molecule has 0 aliphatic carbocycles. The number of amides is 3. The van der Waals surface area contributed by atoms with E-state index in [0.29, 0.717) is 22.7 Å². The van der Waals surface area contributed by atoms with E-state index in [2.05, 4.69) is 21.2 Å². The van der Waals surface area contributed by atoms with Gasteiger partial charge in [0, 0.05) is 11.4 Å². The maximum atomic E-state index is 12.3. The molecule has 36 heavy (non-hydrogen) atoms. The third-order valence-electron chi connectivity index (χ3n) is 5.11. The molecule has 0 aliphatic heterocycles. The number of carbonyl (C=O) groups excluding carboxylic acids is 3. The molecular formula is C27H28N4O5. The van der Waals surface area contributed by atoms with Crippen LogP contribution in [0.25, 0.3) is 0 Å². The number of hydrogen-bond donors (Lipinski definition) is 3. The SMILES string of the molecule is CCc1ccccc1NC(=O)COc1ccc(/C=N\NC(=O)C(=O)Nc2ccc(C)cc2)cc1OC. The predicted octanol–water partition coefficient (Wildman–Crippen LogP) is 3.67. The Bertz CT molecular complexity index is 1260. The Morgan fingerprint density at radius 2 is 1.67 bits per heavy atom. The second-order valence-corrected chi connectivity index (χ2v) is 7.78. The fraction of sp³-hybridized carbons (Fsp3) is 0.185. The van der Waals surface area contributed by atoms with Gasteiger partial charge < -0.3 is 20.1 Å². The largest absolute Gasteiger partial charge is 0.493 e. The number of nitrogens with one attached hydrogen (secondary N) is 3. The molecule has 0 saturated carbocycles. The van der Waals surface area contributed by atoms with Crippen molar-refractivity contribution in [3.05, 3.63) is 83.4 Å². The van der Waals surface area contributed by atoms with E-state index in [1.165, 1.54) is 13.3 Å². The van der Waals surface area contributed by atoms with Crippen LogP contribution in [0.1, 0.15) is 23.6 Å². The number of para-hydroxylation sites is 1. The van der Waals surface area contributed by atoms with Crippen molar-refractivity contribution in [1.29, 1.82) is 0 Å². The second-order valence-electron chi connectivity index (χ2n) is 7.78. The van der Waals surface area contributed by atoms with Crippen molar-refractivity contribution in [2.75, 3.05) is 24.4 Å².